The number of fused-ring (bicyclic) bond motifs is 4. The Hall–Kier alpha value is -2.13. The number of allylic oxidation sites excluding steroid dienone is 4. The molecule has 0 aromatic heterocycles. The number of hydrogen-bond acceptors (Lipinski definition) is 3. The fraction of sp³-hybridized carbons (Fsp3) is 0.458. The molecule has 6 rings (SSSR count). The number of hydrogen-bond donors (Lipinski definition) is 0. The summed E-state index contributed by atoms with van der Waals surface area (Å²) in [5.41, 5.74) is 5.68. The van der Waals surface area contributed by atoms with Gasteiger partial charge in [0.15, 0.2) is 0 Å². The average molecular weight is 358 g/mol. The molecule has 0 N–H and O–H groups in total. The third-order valence-electron chi connectivity index (χ3n) is 7.31. The van der Waals surface area contributed by atoms with Gasteiger partial charge in [-0.25, -0.2) is 4.99 Å². The molecule has 27 heavy (non-hydrogen) atoms. The summed E-state index contributed by atoms with van der Waals surface area (Å²) in [6, 6.07) is 8.78. The molecule has 0 radical (unpaired) electrons. The highest BCUT2D eigenvalue weighted by molar-refractivity contribution is 5.79. The van der Waals surface area contributed by atoms with Gasteiger partial charge >= 0.3 is 0 Å². The van der Waals surface area contributed by atoms with Crippen molar-refractivity contribution in [3.63, 3.8) is 0 Å². The highest BCUT2D eigenvalue weighted by atomic mass is 15.2. The van der Waals surface area contributed by atoms with Crippen LogP contribution in [0, 0.1) is 5.92 Å². The number of piperidine rings is 1. The lowest BCUT2D eigenvalue weighted by Gasteiger charge is -2.53. The molecule has 0 amide bonds. The van der Waals surface area contributed by atoms with Crippen LogP contribution in [0.15, 0.2) is 64.5 Å². The molecule has 3 heterocycles. The summed E-state index contributed by atoms with van der Waals surface area (Å²) >= 11 is 0. The highest BCUT2D eigenvalue weighted by Crippen LogP contribution is 2.50. The van der Waals surface area contributed by atoms with E-state index in [9.17, 15) is 0 Å². The van der Waals surface area contributed by atoms with Crippen molar-refractivity contribution in [2.24, 2.45) is 10.9 Å². The van der Waals surface area contributed by atoms with Crippen molar-refractivity contribution >= 4 is 5.57 Å². The molecule has 5 aliphatic rings. The Labute approximate surface area is 161 Å². The van der Waals surface area contributed by atoms with Crippen LogP contribution in [0.3, 0.4) is 0 Å². The Morgan fingerprint density at radius 1 is 1.15 bits per heavy atom. The Balaban J connectivity index is 1.51. The van der Waals surface area contributed by atoms with Crippen LogP contribution in [0.25, 0.3) is 5.57 Å². The van der Waals surface area contributed by atoms with Gasteiger partial charge in [-0.05, 0) is 50.2 Å². The second-order valence-corrected chi connectivity index (χ2v) is 8.85. The monoisotopic (exact) mass is 357 g/mol. The van der Waals surface area contributed by atoms with Gasteiger partial charge in [-0.2, -0.15) is 0 Å². The zero-order valence-corrected chi connectivity index (χ0v) is 16.1. The van der Waals surface area contributed by atoms with Crippen molar-refractivity contribution in [1.29, 1.82) is 0 Å². The van der Waals surface area contributed by atoms with Crippen LogP contribution < -0.4 is 10.6 Å². The first-order valence-corrected chi connectivity index (χ1v) is 10.5. The van der Waals surface area contributed by atoms with E-state index < -0.39 is 0 Å². The van der Waals surface area contributed by atoms with Crippen molar-refractivity contribution in [2.75, 3.05) is 26.7 Å². The standard InChI is InChI=1S/C24H27N3/c1-26-21-9-5-3-7-19(21)23-22(18-6-2-4-8-20(18)25-23)24(26)12-14-27(15-13-24)16-17-10-11-17/h2-6,8-9,17H,7,10-16H2,1H3. The molecule has 1 aromatic carbocycles. The summed E-state index contributed by atoms with van der Waals surface area (Å²) < 4.78 is 0. The molecule has 0 unspecified atom stereocenters. The van der Waals surface area contributed by atoms with Gasteiger partial charge in [-0.3, -0.25) is 0 Å². The third kappa shape index (κ3) is 2.27. The Morgan fingerprint density at radius 2 is 1.96 bits per heavy atom. The van der Waals surface area contributed by atoms with Gasteiger partial charge in [0.25, 0.3) is 0 Å². The number of nitrogens with zero attached hydrogens (tertiary/aromatic N) is 3. The van der Waals surface area contributed by atoms with Gasteiger partial charge in [0.2, 0.25) is 0 Å². The molecular weight excluding hydrogens is 330 g/mol. The van der Waals surface area contributed by atoms with E-state index in [0.29, 0.717) is 0 Å². The highest BCUT2D eigenvalue weighted by Gasteiger charge is 2.49. The first-order valence-electron chi connectivity index (χ1n) is 10.5. The molecule has 0 bridgehead atoms. The van der Waals surface area contributed by atoms with Crippen LogP contribution in [0.1, 0.15) is 32.1 Å². The second kappa shape index (κ2) is 5.68. The van der Waals surface area contributed by atoms with Crippen LogP contribution in [-0.2, 0) is 0 Å². The lowest BCUT2D eigenvalue weighted by atomic mass is 9.72. The quantitative estimate of drug-likeness (QED) is 0.811. The molecule has 1 spiro atoms. The minimum Gasteiger partial charge on any atom is -0.364 e. The summed E-state index contributed by atoms with van der Waals surface area (Å²) in [4.78, 5) is 10.5. The predicted octanol–water partition coefficient (Wildman–Crippen LogP) is 2.76. The van der Waals surface area contributed by atoms with E-state index in [1.807, 2.05) is 0 Å². The number of likely N-dealkylation sites (N-methyl/N-ethyl adjacent to an activating group) is 1. The Kier molecular flexibility index (Phi) is 3.34. The zero-order valence-electron chi connectivity index (χ0n) is 16.1. The molecule has 3 nitrogen and oxygen atoms in total. The summed E-state index contributed by atoms with van der Waals surface area (Å²) in [6.45, 7) is 3.73. The molecule has 138 valence electrons. The number of benzene rings is 1. The van der Waals surface area contributed by atoms with Crippen molar-refractivity contribution in [3.05, 3.63) is 70.0 Å². The molecule has 2 aliphatic carbocycles. The minimum atomic E-state index is 0.0893. The van der Waals surface area contributed by atoms with Gasteiger partial charge in [-0.1, -0.05) is 30.4 Å². The smallest absolute Gasteiger partial charge is 0.0755 e. The van der Waals surface area contributed by atoms with Gasteiger partial charge < -0.3 is 9.80 Å². The normalized spacial score (nSPS) is 25.9. The first kappa shape index (κ1) is 15.9. The van der Waals surface area contributed by atoms with Gasteiger partial charge in [0.1, 0.15) is 0 Å². The molecular formula is C24H27N3. The maximum Gasteiger partial charge on any atom is 0.0755 e. The molecule has 0 atom stereocenters. The number of rotatable bonds is 2. The fourth-order valence-electron chi connectivity index (χ4n) is 5.61. The van der Waals surface area contributed by atoms with Crippen molar-refractivity contribution < 1.29 is 0 Å². The van der Waals surface area contributed by atoms with Crippen LogP contribution in [-0.4, -0.2) is 42.0 Å². The molecule has 1 aromatic rings. The second-order valence-electron chi connectivity index (χ2n) is 8.85. The molecule has 1 saturated heterocycles. The van der Waals surface area contributed by atoms with Crippen LogP contribution in [0.2, 0.25) is 0 Å². The number of para-hydroxylation sites is 1. The SMILES string of the molecule is CN1C2=CC=CCC2=C2N=c3ccccc3=C2C12CCN(CC1CC1)CC2. The topological polar surface area (TPSA) is 18.8 Å². The van der Waals surface area contributed by atoms with Crippen molar-refractivity contribution in [2.45, 2.75) is 37.6 Å². The van der Waals surface area contributed by atoms with Gasteiger partial charge in [-0.15, -0.1) is 0 Å². The summed E-state index contributed by atoms with van der Waals surface area (Å²) in [5.74, 6) is 0.978. The Bertz CT molecular complexity index is 1010. The summed E-state index contributed by atoms with van der Waals surface area (Å²) in [7, 11) is 2.33. The van der Waals surface area contributed by atoms with E-state index in [2.05, 4.69) is 59.3 Å². The van der Waals surface area contributed by atoms with Crippen molar-refractivity contribution in [3.8, 4) is 0 Å². The maximum atomic E-state index is 5.15. The van der Waals surface area contributed by atoms with Gasteiger partial charge in [0.05, 0.1) is 16.6 Å². The molecule has 2 fully saturated rings. The van der Waals surface area contributed by atoms with E-state index in [0.717, 1.165) is 12.3 Å². The average Bonchev–Trinajstić information content (AvgIpc) is 3.44. The van der Waals surface area contributed by atoms with Crippen LogP contribution >= 0.6 is 0 Å². The van der Waals surface area contributed by atoms with E-state index >= 15 is 0 Å². The zero-order chi connectivity index (χ0) is 18.0. The third-order valence-corrected chi connectivity index (χ3v) is 7.31. The van der Waals surface area contributed by atoms with E-state index in [-0.39, 0.29) is 5.54 Å². The summed E-state index contributed by atoms with van der Waals surface area (Å²) in [6.07, 6.45) is 13.1. The molecule has 1 saturated carbocycles. The summed E-state index contributed by atoms with van der Waals surface area (Å²) in [5, 5.41) is 2.54. The Morgan fingerprint density at radius 3 is 2.78 bits per heavy atom. The predicted molar refractivity (Wildman–Crippen MR) is 108 cm³/mol. The molecule has 3 heteroatoms. The first-order chi connectivity index (χ1) is 13.3. The van der Waals surface area contributed by atoms with Crippen molar-refractivity contribution in [1.82, 2.24) is 9.80 Å². The molecule has 3 aliphatic heterocycles. The largest absolute Gasteiger partial charge is 0.364 e. The number of likely N-dealkylation sites (tertiary alicyclic amines) is 1. The maximum absolute atomic E-state index is 5.15. The van der Waals surface area contributed by atoms with E-state index in [4.69, 9.17) is 4.99 Å². The fourth-order valence-corrected chi connectivity index (χ4v) is 5.61. The lowest BCUT2D eigenvalue weighted by molar-refractivity contribution is 0.0995. The van der Waals surface area contributed by atoms with Crippen LogP contribution in [0.4, 0.5) is 0 Å². The van der Waals surface area contributed by atoms with E-state index in [1.165, 1.54) is 78.4 Å². The van der Waals surface area contributed by atoms with Gasteiger partial charge in [0, 0.05) is 48.7 Å². The lowest BCUT2D eigenvalue weighted by Crippen LogP contribution is -2.57. The minimum absolute atomic E-state index is 0.0893. The van der Waals surface area contributed by atoms with Crippen LogP contribution in [0.5, 0.6) is 0 Å². The van der Waals surface area contributed by atoms with E-state index in [1.54, 1.807) is 0 Å².